The Labute approximate surface area is 172 Å². The van der Waals surface area contributed by atoms with Crippen molar-refractivity contribution in [3.63, 3.8) is 0 Å². The van der Waals surface area contributed by atoms with Crippen LogP contribution in [0.5, 0.6) is 0 Å². The Kier molecular flexibility index (Phi) is 9.82. The zero-order chi connectivity index (χ0) is 20.2. The maximum absolute atomic E-state index is 4.69. The maximum atomic E-state index is 4.69. The fourth-order valence-corrected chi connectivity index (χ4v) is 3.35. The van der Waals surface area contributed by atoms with Crippen LogP contribution >= 0.6 is 11.8 Å². The molecule has 0 saturated heterocycles. The van der Waals surface area contributed by atoms with Crippen molar-refractivity contribution in [2.24, 2.45) is 10.9 Å². The summed E-state index contributed by atoms with van der Waals surface area (Å²) in [5.41, 5.74) is 1.08. The van der Waals surface area contributed by atoms with E-state index in [0.29, 0.717) is 5.92 Å². The molecular weight excluding hydrogens is 370 g/mol. The van der Waals surface area contributed by atoms with E-state index in [-0.39, 0.29) is 0 Å². The van der Waals surface area contributed by atoms with E-state index in [1.54, 1.807) is 11.8 Å². The van der Waals surface area contributed by atoms with Crippen LogP contribution in [-0.2, 0) is 19.4 Å². The first kappa shape index (κ1) is 22.2. The Hall–Kier alpha value is -2.09. The molecule has 28 heavy (non-hydrogen) atoms. The maximum Gasteiger partial charge on any atom is 0.191 e. The van der Waals surface area contributed by atoms with Crippen LogP contribution in [0.25, 0.3) is 0 Å². The molecule has 0 bridgehead atoms. The van der Waals surface area contributed by atoms with Crippen LogP contribution in [0.15, 0.2) is 34.5 Å². The minimum absolute atomic E-state index is 0.572. The molecule has 0 fully saturated rings. The topological polar surface area (TPSA) is 80.0 Å². The van der Waals surface area contributed by atoms with Gasteiger partial charge in [-0.15, -0.1) is 10.2 Å². The van der Waals surface area contributed by atoms with Crippen LogP contribution in [-0.4, -0.2) is 51.6 Å². The Morgan fingerprint density at radius 2 is 2.07 bits per heavy atom. The van der Waals surface area contributed by atoms with Crippen LogP contribution in [0.4, 0.5) is 0 Å². The molecule has 0 aliphatic carbocycles. The lowest BCUT2D eigenvalue weighted by Gasteiger charge is -2.12. The van der Waals surface area contributed by atoms with Gasteiger partial charge in [0.05, 0.1) is 0 Å². The number of hydrogen-bond donors (Lipinski definition) is 2. The molecule has 2 aromatic rings. The highest BCUT2D eigenvalue weighted by Gasteiger charge is 2.12. The van der Waals surface area contributed by atoms with Gasteiger partial charge in [-0.05, 0) is 37.7 Å². The highest BCUT2D eigenvalue weighted by molar-refractivity contribution is 7.98. The lowest BCUT2D eigenvalue weighted by molar-refractivity contribution is 0.477. The van der Waals surface area contributed by atoms with Crippen LogP contribution in [0, 0.1) is 5.92 Å². The Bertz CT molecular complexity index is 713. The number of aliphatic imine (C=N–C) groups is 1. The van der Waals surface area contributed by atoms with Gasteiger partial charge in [0.25, 0.3) is 0 Å². The SMILES string of the molecule is CCNC(=NCCCc1nnc(SC)n1CC(C)C)NCCc1ccccn1. The van der Waals surface area contributed by atoms with Crippen molar-refractivity contribution in [1.82, 2.24) is 30.4 Å². The number of pyridine rings is 1. The fourth-order valence-electron chi connectivity index (χ4n) is 2.83. The molecule has 0 aromatic carbocycles. The first-order valence-corrected chi connectivity index (χ1v) is 11.2. The first-order valence-electron chi connectivity index (χ1n) is 10.0. The summed E-state index contributed by atoms with van der Waals surface area (Å²) >= 11 is 1.65. The van der Waals surface area contributed by atoms with E-state index in [4.69, 9.17) is 0 Å². The number of thioether (sulfide) groups is 1. The third-order valence-electron chi connectivity index (χ3n) is 4.10. The van der Waals surface area contributed by atoms with Gasteiger partial charge in [-0.2, -0.15) is 0 Å². The van der Waals surface area contributed by atoms with Crippen LogP contribution in [0.2, 0.25) is 0 Å². The standard InChI is InChI=1S/C20H33N7S/c1-5-21-19(24-14-11-17-9-6-7-12-22-17)23-13-8-10-18-25-26-20(28-4)27(18)15-16(2)3/h6-7,9,12,16H,5,8,10-11,13-15H2,1-4H3,(H2,21,23,24). The van der Waals surface area contributed by atoms with Crippen molar-refractivity contribution in [3.05, 3.63) is 35.9 Å². The summed E-state index contributed by atoms with van der Waals surface area (Å²) in [5.74, 6) is 2.48. The van der Waals surface area contributed by atoms with Gasteiger partial charge in [0.2, 0.25) is 0 Å². The average Bonchev–Trinajstić information content (AvgIpc) is 3.07. The molecule has 2 N–H and O–H groups in total. The predicted molar refractivity (Wildman–Crippen MR) is 117 cm³/mol. The molecule has 0 aliphatic rings. The van der Waals surface area contributed by atoms with Crippen molar-refractivity contribution in [2.75, 3.05) is 25.9 Å². The Morgan fingerprint density at radius 1 is 1.21 bits per heavy atom. The van der Waals surface area contributed by atoms with Crippen molar-refractivity contribution in [1.29, 1.82) is 0 Å². The quantitative estimate of drug-likeness (QED) is 0.260. The van der Waals surface area contributed by atoms with E-state index in [2.05, 4.69) is 56.1 Å². The zero-order valence-corrected chi connectivity index (χ0v) is 18.3. The lowest BCUT2D eigenvalue weighted by Crippen LogP contribution is -2.38. The van der Waals surface area contributed by atoms with Crippen molar-refractivity contribution in [3.8, 4) is 0 Å². The van der Waals surface area contributed by atoms with Gasteiger partial charge in [0.1, 0.15) is 5.82 Å². The molecule has 0 spiro atoms. The van der Waals surface area contributed by atoms with Gasteiger partial charge in [0, 0.05) is 50.9 Å². The molecule has 0 amide bonds. The van der Waals surface area contributed by atoms with E-state index >= 15 is 0 Å². The molecule has 0 atom stereocenters. The largest absolute Gasteiger partial charge is 0.357 e. The van der Waals surface area contributed by atoms with Gasteiger partial charge < -0.3 is 15.2 Å². The van der Waals surface area contributed by atoms with Crippen LogP contribution in [0.1, 0.15) is 38.7 Å². The summed E-state index contributed by atoms with van der Waals surface area (Å²) < 4.78 is 2.25. The van der Waals surface area contributed by atoms with Crippen LogP contribution in [0.3, 0.4) is 0 Å². The average molecular weight is 404 g/mol. The highest BCUT2D eigenvalue weighted by Crippen LogP contribution is 2.16. The van der Waals surface area contributed by atoms with E-state index in [1.807, 2.05) is 30.7 Å². The molecule has 2 rings (SSSR count). The van der Waals surface area contributed by atoms with E-state index in [0.717, 1.165) is 68.1 Å². The minimum Gasteiger partial charge on any atom is -0.357 e. The summed E-state index contributed by atoms with van der Waals surface area (Å²) in [6, 6.07) is 6.00. The summed E-state index contributed by atoms with van der Waals surface area (Å²) in [5, 5.41) is 16.4. The number of rotatable bonds is 11. The second kappa shape index (κ2) is 12.4. The van der Waals surface area contributed by atoms with Crippen molar-refractivity contribution in [2.45, 2.75) is 51.7 Å². The number of aromatic nitrogens is 4. The second-order valence-corrected chi connectivity index (χ2v) is 7.74. The second-order valence-electron chi connectivity index (χ2n) is 6.97. The molecule has 8 heteroatoms. The summed E-state index contributed by atoms with van der Waals surface area (Å²) in [7, 11) is 0. The molecular formula is C20H33N7S. The number of nitrogens with one attached hydrogen (secondary N) is 2. The third kappa shape index (κ3) is 7.50. The molecule has 0 unspecified atom stereocenters. The molecule has 2 heterocycles. The first-order chi connectivity index (χ1) is 13.6. The normalized spacial score (nSPS) is 11.8. The number of hydrogen-bond acceptors (Lipinski definition) is 5. The predicted octanol–water partition coefficient (Wildman–Crippen LogP) is 2.78. The Balaban J connectivity index is 1.82. The fraction of sp³-hybridized carbons (Fsp3) is 0.600. The van der Waals surface area contributed by atoms with E-state index in [1.165, 1.54) is 0 Å². The molecule has 0 saturated carbocycles. The third-order valence-corrected chi connectivity index (χ3v) is 4.76. The van der Waals surface area contributed by atoms with Gasteiger partial charge >= 0.3 is 0 Å². The van der Waals surface area contributed by atoms with Crippen molar-refractivity contribution < 1.29 is 0 Å². The molecule has 2 aromatic heterocycles. The molecule has 154 valence electrons. The van der Waals surface area contributed by atoms with Gasteiger partial charge in [-0.3, -0.25) is 9.98 Å². The summed E-state index contributed by atoms with van der Waals surface area (Å²) in [6.07, 6.45) is 6.59. The summed E-state index contributed by atoms with van der Waals surface area (Å²) in [4.78, 5) is 9.04. The lowest BCUT2D eigenvalue weighted by atomic mass is 10.2. The van der Waals surface area contributed by atoms with Crippen LogP contribution < -0.4 is 10.6 Å². The number of aryl methyl sites for hydroxylation is 1. The monoisotopic (exact) mass is 403 g/mol. The zero-order valence-electron chi connectivity index (χ0n) is 17.5. The Morgan fingerprint density at radius 3 is 2.75 bits per heavy atom. The minimum atomic E-state index is 0.572. The number of nitrogens with zero attached hydrogens (tertiary/aromatic N) is 5. The molecule has 0 radical (unpaired) electrons. The van der Waals surface area contributed by atoms with Gasteiger partial charge in [0.15, 0.2) is 11.1 Å². The number of guanidine groups is 1. The van der Waals surface area contributed by atoms with Gasteiger partial charge in [-0.25, -0.2) is 0 Å². The van der Waals surface area contributed by atoms with E-state index < -0.39 is 0 Å². The van der Waals surface area contributed by atoms with E-state index in [9.17, 15) is 0 Å². The smallest absolute Gasteiger partial charge is 0.191 e. The molecule has 0 aliphatic heterocycles. The van der Waals surface area contributed by atoms with Gasteiger partial charge in [-0.1, -0.05) is 31.7 Å². The summed E-state index contributed by atoms with van der Waals surface area (Å²) in [6.45, 7) is 9.88. The highest BCUT2D eigenvalue weighted by atomic mass is 32.2. The van der Waals surface area contributed by atoms with Crippen molar-refractivity contribution >= 4 is 17.7 Å². The molecule has 7 nitrogen and oxygen atoms in total.